The molecule has 0 aliphatic carbocycles. The number of benzene rings is 3. The van der Waals surface area contributed by atoms with Crippen molar-refractivity contribution in [1.29, 1.82) is 15.8 Å². The molecular formula is C32H18N4OS. The minimum atomic E-state index is -0.850. The summed E-state index contributed by atoms with van der Waals surface area (Å²) >= 11 is 1.70. The van der Waals surface area contributed by atoms with E-state index in [0.29, 0.717) is 5.57 Å². The first-order chi connectivity index (χ1) is 18.5. The summed E-state index contributed by atoms with van der Waals surface area (Å²) in [6.07, 6.45) is 3.88. The summed E-state index contributed by atoms with van der Waals surface area (Å²) in [5.41, 5.74) is 2.23. The molecule has 3 aromatic carbocycles. The second-order valence-corrected chi connectivity index (χ2v) is 10.9. The van der Waals surface area contributed by atoms with Crippen molar-refractivity contribution in [2.75, 3.05) is 0 Å². The van der Waals surface area contributed by atoms with Crippen molar-refractivity contribution in [3.8, 4) is 18.2 Å². The minimum absolute atomic E-state index is 0.0518. The van der Waals surface area contributed by atoms with Crippen LogP contribution in [0.3, 0.4) is 0 Å². The van der Waals surface area contributed by atoms with Crippen LogP contribution < -0.4 is 0 Å². The van der Waals surface area contributed by atoms with Gasteiger partial charge in [0.1, 0.15) is 34.2 Å². The Bertz CT molecular complexity index is 2200. The Kier molecular flexibility index (Phi) is 4.49. The molecule has 0 fully saturated rings. The van der Waals surface area contributed by atoms with Gasteiger partial charge in [0.2, 0.25) is 0 Å². The molecule has 0 saturated heterocycles. The van der Waals surface area contributed by atoms with Crippen LogP contribution in [0.5, 0.6) is 0 Å². The number of nitriles is 3. The van der Waals surface area contributed by atoms with E-state index in [-0.39, 0.29) is 16.9 Å². The minimum Gasteiger partial charge on any atom is -0.480 e. The van der Waals surface area contributed by atoms with Crippen molar-refractivity contribution in [3.63, 3.8) is 0 Å². The summed E-state index contributed by atoms with van der Waals surface area (Å²) in [7, 11) is 0. The maximum Gasteiger partial charge on any atom is 0.172 e. The van der Waals surface area contributed by atoms with Crippen molar-refractivity contribution >= 4 is 65.6 Å². The highest BCUT2D eigenvalue weighted by atomic mass is 32.1. The van der Waals surface area contributed by atoms with Gasteiger partial charge in [-0.3, -0.25) is 4.40 Å². The number of ether oxygens (including phenoxy) is 1. The number of thiophene rings is 1. The van der Waals surface area contributed by atoms with E-state index >= 15 is 0 Å². The number of aromatic nitrogens is 1. The van der Waals surface area contributed by atoms with Crippen LogP contribution in [-0.2, 0) is 4.74 Å². The quantitative estimate of drug-likeness (QED) is 0.223. The normalized spacial score (nSPS) is 15.2. The maximum atomic E-state index is 9.88. The fourth-order valence-electron chi connectivity index (χ4n) is 5.75. The van der Waals surface area contributed by atoms with E-state index in [1.54, 1.807) is 11.3 Å². The second-order valence-electron chi connectivity index (χ2n) is 9.86. The zero-order valence-electron chi connectivity index (χ0n) is 20.5. The number of rotatable bonds is 2. The lowest BCUT2D eigenvalue weighted by molar-refractivity contribution is 0.0954. The van der Waals surface area contributed by atoms with Crippen LogP contribution in [0.2, 0.25) is 0 Å². The average molecular weight is 507 g/mol. The largest absolute Gasteiger partial charge is 0.480 e. The Morgan fingerprint density at radius 2 is 1.68 bits per heavy atom. The third-order valence-electron chi connectivity index (χ3n) is 7.38. The molecule has 3 aromatic heterocycles. The molecule has 0 radical (unpaired) electrons. The van der Waals surface area contributed by atoms with Crippen LogP contribution in [-0.4, -0.2) is 10.0 Å². The highest BCUT2D eigenvalue weighted by Gasteiger charge is 2.38. The van der Waals surface area contributed by atoms with Crippen LogP contribution in [0, 0.1) is 34.0 Å². The molecule has 1 aliphatic rings. The Morgan fingerprint density at radius 1 is 0.895 bits per heavy atom. The molecule has 0 saturated carbocycles. The van der Waals surface area contributed by atoms with Gasteiger partial charge >= 0.3 is 0 Å². The number of fused-ring (bicyclic) bond motifs is 6. The van der Waals surface area contributed by atoms with Gasteiger partial charge in [0.05, 0.1) is 11.0 Å². The predicted octanol–water partition coefficient (Wildman–Crippen LogP) is 7.99. The molecule has 6 aromatic rings. The van der Waals surface area contributed by atoms with E-state index in [0.717, 1.165) is 9.71 Å². The SMILES string of the molecule is CC1(C)OC(=C(C#N)C#N)C(C#N)=C1/C=C/c1cc2c3cccc4ccc5c6ccccc6n(c2s1)c5c43. The molecule has 178 valence electrons. The predicted molar refractivity (Wildman–Crippen MR) is 152 cm³/mol. The molecule has 6 heteroatoms. The lowest BCUT2D eigenvalue weighted by Crippen LogP contribution is -2.20. The maximum absolute atomic E-state index is 9.88. The van der Waals surface area contributed by atoms with E-state index in [1.807, 2.05) is 38.1 Å². The number of para-hydroxylation sites is 1. The van der Waals surface area contributed by atoms with Gasteiger partial charge in [-0.15, -0.1) is 11.3 Å². The van der Waals surface area contributed by atoms with Gasteiger partial charge in [-0.25, -0.2) is 0 Å². The molecule has 0 atom stereocenters. The first-order valence-corrected chi connectivity index (χ1v) is 12.9. The fourth-order valence-corrected chi connectivity index (χ4v) is 6.85. The topological polar surface area (TPSA) is 85.0 Å². The third kappa shape index (κ3) is 2.83. The van der Waals surface area contributed by atoms with Crippen molar-refractivity contribution in [1.82, 2.24) is 4.40 Å². The van der Waals surface area contributed by atoms with E-state index in [2.05, 4.69) is 71.1 Å². The highest BCUT2D eigenvalue weighted by Crippen LogP contribution is 2.44. The highest BCUT2D eigenvalue weighted by molar-refractivity contribution is 7.19. The molecule has 1 aliphatic heterocycles. The number of pyridine rings is 1. The number of nitrogens with zero attached hydrogens (tertiary/aromatic N) is 4. The van der Waals surface area contributed by atoms with Crippen LogP contribution in [0.25, 0.3) is 54.3 Å². The van der Waals surface area contributed by atoms with Gasteiger partial charge in [-0.05, 0) is 42.8 Å². The summed E-state index contributed by atoms with van der Waals surface area (Å²) in [6, 6.07) is 27.5. The van der Waals surface area contributed by atoms with Crippen LogP contribution in [0.15, 0.2) is 89.2 Å². The van der Waals surface area contributed by atoms with Gasteiger partial charge in [0.25, 0.3) is 0 Å². The lowest BCUT2D eigenvalue weighted by atomic mass is 9.94. The molecule has 4 heterocycles. The van der Waals surface area contributed by atoms with E-state index in [4.69, 9.17) is 4.74 Å². The molecule has 0 bridgehead atoms. The van der Waals surface area contributed by atoms with Crippen LogP contribution >= 0.6 is 11.3 Å². The van der Waals surface area contributed by atoms with Crippen LogP contribution in [0.4, 0.5) is 0 Å². The summed E-state index contributed by atoms with van der Waals surface area (Å²) in [5, 5.41) is 35.9. The first kappa shape index (κ1) is 22.1. The van der Waals surface area contributed by atoms with Crippen molar-refractivity contribution < 1.29 is 4.74 Å². The third-order valence-corrected chi connectivity index (χ3v) is 8.47. The summed E-state index contributed by atoms with van der Waals surface area (Å²) in [5.74, 6) is 0.0518. The number of allylic oxidation sites excluding steroid dienone is 2. The van der Waals surface area contributed by atoms with E-state index in [1.165, 1.54) is 43.4 Å². The van der Waals surface area contributed by atoms with Crippen molar-refractivity contribution in [3.05, 3.63) is 94.1 Å². The molecule has 0 N–H and O–H groups in total. The molecule has 0 spiro atoms. The molecule has 5 nitrogen and oxygen atoms in total. The van der Waals surface area contributed by atoms with Crippen molar-refractivity contribution in [2.45, 2.75) is 19.4 Å². The summed E-state index contributed by atoms with van der Waals surface area (Å²) in [6.45, 7) is 3.67. The number of hydrogen-bond donors (Lipinski definition) is 0. The Balaban J connectivity index is 1.51. The summed E-state index contributed by atoms with van der Waals surface area (Å²) in [4.78, 5) is 2.19. The molecule has 38 heavy (non-hydrogen) atoms. The first-order valence-electron chi connectivity index (χ1n) is 12.1. The van der Waals surface area contributed by atoms with Crippen molar-refractivity contribution in [2.24, 2.45) is 0 Å². The van der Waals surface area contributed by atoms with E-state index in [9.17, 15) is 15.8 Å². The van der Waals surface area contributed by atoms with Gasteiger partial charge in [0.15, 0.2) is 11.3 Å². The van der Waals surface area contributed by atoms with Gasteiger partial charge in [-0.1, -0.05) is 54.6 Å². The second kappa shape index (κ2) is 7.70. The standard InChI is InChI=1S/C32H18N4OS/c1-32(2)26(25(17-35)30(37-32)19(15-33)16-34)13-11-20-14-24-22-8-5-6-18-10-12-23-21-7-3-4-9-27(21)36(31(24)38-20)29(23)28(18)22/h3-14H,1-2H3/b13-11+. The Hall–Kier alpha value is -5.09. The van der Waals surface area contributed by atoms with Gasteiger partial charge in [0, 0.05) is 32.0 Å². The van der Waals surface area contributed by atoms with E-state index < -0.39 is 5.60 Å². The monoisotopic (exact) mass is 506 g/mol. The molecule has 7 rings (SSSR count). The fraction of sp³-hybridized carbons (Fsp3) is 0.0938. The zero-order chi connectivity index (χ0) is 26.2. The molecule has 0 amide bonds. The van der Waals surface area contributed by atoms with Gasteiger partial charge < -0.3 is 4.74 Å². The lowest BCUT2D eigenvalue weighted by Gasteiger charge is -2.20. The molecular weight excluding hydrogens is 488 g/mol. The smallest absolute Gasteiger partial charge is 0.172 e. The van der Waals surface area contributed by atoms with Crippen LogP contribution in [0.1, 0.15) is 18.7 Å². The zero-order valence-corrected chi connectivity index (χ0v) is 21.4. The average Bonchev–Trinajstić information content (AvgIpc) is 3.57. The number of hydrogen-bond acceptors (Lipinski definition) is 5. The summed E-state index contributed by atoms with van der Waals surface area (Å²) < 4.78 is 8.30. The molecule has 0 unspecified atom stereocenters. The van der Waals surface area contributed by atoms with Gasteiger partial charge in [-0.2, -0.15) is 15.8 Å². The Labute approximate surface area is 221 Å². The Morgan fingerprint density at radius 3 is 2.47 bits per heavy atom.